The first-order valence-electron chi connectivity index (χ1n) is 4.57. The van der Waals surface area contributed by atoms with E-state index in [-0.39, 0.29) is 0 Å². The van der Waals surface area contributed by atoms with Gasteiger partial charge in [-0.1, -0.05) is 0 Å². The molecule has 0 radical (unpaired) electrons. The van der Waals surface area contributed by atoms with Crippen LogP contribution in [0.4, 0.5) is 4.79 Å². The second kappa shape index (κ2) is 4.98. The van der Waals surface area contributed by atoms with Gasteiger partial charge in [0, 0.05) is 0 Å². The van der Waals surface area contributed by atoms with Crippen LogP contribution >= 0.6 is 0 Å². The molecule has 0 saturated heterocycles. The minimum Gasteiger partial charge on any atom is -0.444 e. The monoisotopic (exact) mass is 255 g/mol. The van der Waals surface area contributed by atoms with E-state index in [2.05, 4.69) is 5.32 Å². The van der Waals surface area contributed by atoms with Crippen molar-refractivity contribution in [2.75, 3.05) is 0 Å². The van der Waals surface area contributed by atoms with Crippen LogP contribution in [0.1, 0.15) is 27.7 Å². The first kappa shape index (κ1) is 15.1. The van der Waals surface area contributed by atoms with Gasteiger partial charge in [0.1, 0.15) is 5.60 Å². The zero-order valence-electron chi connectivity index (χ0n) is 9.59. The van der Waals surface area contributed by atoms with Crippen LogP contribution in [0, 0.1) is 0 Å². The van der Waals surface area contributed by atoms with Crippen LogP contribution in [-0.4, -0.2) is 41.2 Å². The summed E-state index contributed by atoms with van der Waals surface area (Å²) in [5, 5.41) is 11.2. The van der Waals surface area contributed by atoms with Crippen molar-refractivity contribution in [2.24, 2.45) is 0 Å². The molecule has 0 rings (SSSR count). The molecule has 7 nitrogen and oxygen atoms in total. The zero-order valence-corrected chi connectivity index (χ0v) is 10.4. The Labute approximate surface area is 94.5 Å². The molecule has 0 bridgehead atoms. The summed E-state index contributed by atoms with van der Waals surface area (Å²) in [6.07, 6.45) is -0.872. The summed E-state index contributed by atoms with van der Waals surface area (Å²) in [4.78, 5) is 11.2. The number of carbonyl (C=O) groups is 1. The van der Waals surface area contributed by atoms with Crippen LogP contribution in [-0.2, 0) is 14.9 Å². The van der Waals surface area contributed by atoms with Crippen molar-refractivity contribution >= 4 is 16.2 Å². The fraction of sp³-hybridized carbons (Fsp3) is 0.875. The summed E-state index contributed by atoms with van der Waals surface area (Å²) >= 11 is 0. The van der Waals surface area contributed by atoms with E-state index < -0.39 is 33.3 Å². The van der Waals surface area contributed by atoms with Gasteiger partial charge >= 0.3 is 6.09 Å². The minimum absolute atomic E-state index is 0.729. The van der Waals surface area contributed by atoms with Crippen LogP contribution in [0.15, 0.2) is 0 Å². The molecule has 0 saturated carbocycles. The fourth-order valence-electron chi connectivity index (χ4n) is 0.823. The van der Waals surface area contributed by atoms with E-state index in [0.29, 0.717) is 0 Å². The topological polar surface area (TPSA) is 113 Å². The largest absolute Gasteiger partial charge is 0.444 e. The predicted molar refractivity (Wildman–Crippen MR) is 56.4 cm³/mol. The molecule has 96 valence electrons. The van der Waals surface area contributed by atoms with Gasteiger partial charge in [-0.25, -0.2) is 4.79 Å². The van der Waals surface area contributed by atoms with Crippen molar-refractivity contribution < 1.29 is 27.6 Å². The van der Waals surface area contributed by atoms with E-state index in [1.165, 1.54) is 6.92 Å². The van der Waals surface area contributed by atoms with Gasteiger partial charge in [-0.15, -0.1) is 0 Å². The Morgan fingerprint density at radius 2 is 1.81 bits per heavy atom. The van der Waals surface area contributed by atoms with Gasteiger partial charge < -0.3 is 15.2 Å². The van der Waals surface area contributed by atoms with Gasteiger partial charge in [-0.3, -0.25) is 4.55 Å². The Hall–Kier alpha value is -0.860. The van der Waals surface area contributed by atoms with Crippen molar-refractivity contribution in [3.63, 3.8) is 0 Å². The minimum atomic E-state index is -4.61. The first-order valence-corrected chi connectivity index (χ1v) is 6.07. The summed E-state index contributed by atoms with van der Waals surface area (Å²) in [5.41, 5.74) is -2.81. The third-order valence-corrected chi connectivity index (χ3v) is 2.50. The van der Waals surface area contributed by atoms with E-state index in [0.717, 1.165) is 0 Å². The SMILES string of the molecule is CC(NC(=O)OC(C)(C)C)C(O)S(=O)(=O)O. The molecule has 0 spiro atoms. The lowest BCUT2D eigenvalue weighted by Gasteiger charge is -2.23. The van der Waals surface area contributed by atoms with Gasteiger partial charge in [0.2, 0.25) is 5.44 Å². The van der Waals surface area contributed by atoms with Crippen LogP contribution in [0.25, 0.3) is 0 Å². The van der Waals surface area contributed by atoms with Gasteiger partial charge in [-0.05, 0) is 27.7 Å². The van der Waals surface area contributed by atoms with Gasteiger partial charge in [0.05, 0.1) is 6.04 Å². The van der Waals surface area contributed by atoms with Crippen LogP contribution in [0.5, 0.6) is 0 Å². The Morgan fingerprint density at radius 1 is 1.38 bits per heavy atom. The van der Waals surface area contributed by atoms with Gasteiger partial charge in [-0.2, -0.15) is 8.42 Å². The molecule has 0 aliphatic rings. The highest BCUT2D eigenvalue weighted by Crippen LogP contribution is 2.08. The highest BCUT2D eigenvalue weighted by Gasteiger charge is 2.29. The maximum Gasteiger partial charge on any atom is 0.407 e. The number of nitrogens with one attached hydrogen (secondary N) is 1. The number of rotatable bonds is 3. The third kappa shape index (κ3) is 5.89. The van der Waals surface area contributed by atoms with Crippen LogP contribution in [0.2, 0.25) is 0 Å². The Bertz CT molecular complexity index is 344. The van der Waals surface area contributed by atoms with Crippen LogP contribution < -0.4 is 5.32 Å². The Kier molecular flexibility index (Phi) is 4.71. The molecule has 0 heterocycles. The zero-order chi connectivity index (χ0) is 13.1. The number of amides is 1. The standard InChI is InChI=1S/C8H17NO6S/c1-5(6(10)16(12,13)14)9-7(11)15-8(2,3)4/h5-6,10H,1-4H3,(H,9,11)(H,12,13,14). The Morgan fingerprint density at radius 3 is 2.12 bits per heavy atom. The lowest BCUT2D eigenvalue weighted by molar-refractivity contribution is 0.0475. The summed E-state index contributed by atoms with van der Waals surface area (Å²) in [6.45, 7) is 6.13. The molecule has 0 aliphatic carbocycles. The second-order valence-corrected chi connectivity index (χ2v) is 5.85. The van der Waals surface area contributed by atoms with Crippen molar-refractivity contribution in [1.82, 2.24) is 5.32 Å². The molecular weight excluding hydrogens is 238 g/mol. The number of aliphatic hydroxyl groups is 1. The van der Waals surface area contributed by atoms with E-state index in [4.69, 9.17) is 14.4 Å². The molecule has 0 aliphatic heterocycles. The number of hydrogen-bond donors (Lipinski definition) is 3. The fourth-order valence-corrected chi connectivity index (χ4v) is 1.41. The van der Waals surface area contributed by atoms with Crippen LogP contribution in [0.3, 0.4) is 0 Å². The quantitative estimate of drug-likeness (QED) is 0.617. The Balaban J connectivity index is 4.37. The molecular formula is C8H17NO6S. The maximum absolute atomic E-state index is 11.2. The smallest absolute Gasteiger partial charge is 0.407 e. The summed E-state index contributed by atoms with van der Waals surface area (Å²) in [6, 6.07) is -1.18. The molecule has 0 aromatic rings. The maximum atomic E-state index is 11.2. The molecule has 3 N–H and O–H groups in total. The summed E-state index contributed by atoms with van der Waals surface area (Å²) < 4.78 is 34.5. The lowest BCUT2D eigenvalue weighted by Crippen LogP contribution is -2.46. The molecule has 0 fully saturated rings. The molecule has 8 heteroatoms. The molecule has 2 unspecified atom stereocenters. The van der Waals surface area contributed by atoms with Crippen molar-refractivity contribution in [3.8, 4) is 0 Å². The normalized spacial score (nSPS) is 16.4. The number of carbonyl (C=O) groups excluding carboxylic acids is 1. The van der Waals surface area contributed by atoms with E-state index >= 15 is 0 Å². The van der Waals surface area contributed by atoms with E-state index in [1.807, 2.05) is 0 Å². The highest BCUT2D eigenvalue weighted by atomic mass is 32.2. The average molecular weight is 255 g/mol. The number of ether oxygens (including phenoxy) is 1. The summed E-state index contributed by atoms with van der Waals surface area (Å²) in [7, 11) is -4.61. The average Bonchev–Trinajstić information content (AvgIpc) is 1.96. The highest BCUT2D eigenvalue weighted by molar-refractivity contribution is 7.86. The van der Waals surface area contributed by atoms with Gasteiger partial charge in [0.15, 0.2) is 0 Å². The van der Waals surface area contributed by atoms with Gasteiger partial charge in [0.25, 0.3) is 10.1 Å². The third-order valence-electron chi connectivity index (χ3n) is 1.48. The molecule has 16 heavy (non-hydrogen) atoms. The summed E-state index contributed by atoms with van der Waals surface area (Å²) in [5.74, 6) is 0. The second-order valence-electron chi connectivity index (χ2n) is 4.34. The van der Waals surface area contributed by atoms with Crippen molar-refractivity contribution in [2.45, 2.75) is 44.8 Å². The van der Waals surface area contributed by atoms with E-state index in [9.17, 15) is 13.2 Å². The predicted octanol–water partition coefficient (Wildman–Crippen LogP) is 0.106. The lowest BCUT2D eigenvalue weighted by atomic mass is 10.2. The molecule has 0 aromatic heterocycles. The molecule has 0 aromatic carbocycles. The molecule has 1 amide bonds. The van der Waals surface area contributed by atoms with E-state index in [1.54, 1.807) is 20.8 Å². The first-order chi connectivity index (χ1) is 6.93. The number of hydrogen-bond acceptors (Lipinski definition) is 5. The molecule has 2 atom stereocenters. The number of alkyl carbamates (subject to hydrolysis) is 1. The number of aliphatic hydroxyl groups excluding tert-OH is 1. The van der Waals surface area contributed by atoms with Crippen molar-refractivity contribution in [1.29, 1.82) is 0 Å². The van der Waals surface area contributed by atoms with Crippen molar-refractivity contribution in [3.05, 3.63) is 0 Å².